The second-order valence-electron chi connectivity index (χ2n) is 2.92. The smallest absolute Gasteiger partial charge is 0.332 e. The van der Waals surface area contributed by atoms with Crippen molar-refractivity contribution in [2.45, 2.75) is 12.5 Å². The molecule has 0 saturated heterocycles. The Bertz CT molecular complexity index is 328. The maximum absolute atomic E-state index is 10.3. The van der Waals surface area contributed by atoms with E-state index in [0.29, 0.717) is 17.4 Å². The minimum absolute atomic E-state index is 0.0501. The van der Waals surface area contributed by atoms with E-state index in [4.69, 9.17) is 10.2 Å². The summed E-state index contributed by atoms with van der Waals surface area (Å²) in [5.41, 5.74) is 1.21. The summed E-state index contributed by atoms with van der Waals surface area (Å²) in [4.78, 5) is 20.6. The van der Waals surface area contributed by atoms with Gasteiger partial charge in [-0.2, -0.15) is 0 Å². The van der Waals surface area contributed by atoms with Crippen LogP contribution in [-0.2, 0) is 11.2 Å². The van der Waals surface area contributed by atoms with Gasteiger partial charge in [0.1, 0.15) is 6.29 Å². The van der Waals surface area contributed by atoms with Crippen LogP contribution in [-0.4, -0.2) is 28.6 Å². The number of carbonyl (C=O) groups excluding carboxylic acids is 1. The van der Waals surface area contributed by atoms with Crippen LogP contribution in [0.4, 0.5) is 0 Å². The number of hydrogen-bond acceptors (Lipinski definition) is 3. The van der Waals surface area contributed by atoms with Crippen molar-refractivity contribution in [1.29, 1.82) is 0 Å². The Morgan fingerprint density at radius 2 is 1.93 bits per heavy atom. The van der Waals surface area contributed by atoms with E-state index in [-0.39, 0.29) is 6.42 Å². The summed E-state index contributed by atoms with van der Waals surface area (Å²) >= 11 is 0. The van der Waals surface area contributed by atoms with E-state index in [0.717, 1.165) is 0 Å². The predicted octanol–water partition coefficient (Wildman–Crippen LogP) is 0.487. The SMILES string of the molecule is O=Cc1ccc(CC(O)C(=O)O)cc1. The normalized spacial score (nSPS) is 12.1. The number of carboxylic acid groups (broad SMARTS) is 1. The van der Waals surface area contributed by atoms with Gasteiger partial charge in [0.25, 0.3) is 0 Å². The number of aliphatic hydroxyl groups is 1. The van der Waals surface area contributed by atoms with Crippen molar-refractivity contribution in [3.8, 4) is 0 Å². The molecule has 1 aromatic carbocycles. The number of hydrogen-bond donors (Lipinski definition) is 2. The summed E-state index contributed by atoms with van der Waals surface area (Å²) in [6.07, 6.45) is -0.636. The molecule has 1 unspecified atom stereocenters. The van der Waals surface area contributed by atoms with E-state index in [1.54, 1.807) is 24.3 Å². The van der Waals surface area contributed by atoms with Crippen LogP contribution in [0.2, 0.25) is 0 Å². The first kappa shape index (κ1) is 10.4. The number of aliphatic carboxylic acids is 1. The first-order valence-electron chi connectivity index (χ1n) is 4.08. The molecule has 0 fully saturated rings. The average Bonchev–Trinajstić information content (AvgIpc) is 2.19. The summed E-state index contributed by atoms with van der Waals surface area (Å²) in [6.45, 7) is 0. The van der Waals surface area contributed by atoms with Crippen molar-refractivity contribution >= 4 is 12.3 Å². The van der Waals surface area contributed by atoms with Gasteiger partial charge in [-0.1, -0.05) is 24.3 Å². The Hall–Kier alpha value is -1.68. The topological polar surface area (TPSA) is 74.6 Å². The monoisotopic (exact) mass is 194 g/mol. The zero-order valence-electron chi connectivity index (χ0n) is 7.38. The Morgan fingerprint density at radius 3 is 2.36 bits per heavy atom. The molecule has 0 saturated carbocycles. The Kier molecular flexibility index (Phi) is 3.36. The molecule has 0 amide bonds. The third-order valence-electron chi connectivity index (χ3n) is 1.83. The fourth-order valence-corrected chi connectivity index (χ4v) is 1.04. The molecule has 1 atom stereocenters. The average molecular weight is 194 g/mol. The lowest BCUT2D eigenvalue weighted by molar-refractivity contribution is -0.146. The van der Waals surface area contributed by atoms with Crippen molar-refractivity contribution in [2.75, 3.05) is 0 Å². The standard InChI is InChI=1S/C10H10O4/c11-6-8-3-1-7(2-4-8)5-9(12)10(13)14/h1-4,6,9,12H,5H2,(H,13,14). The number of benzene rings is 1. The van der Waals surface area contributed by atoms with Gasteiger partial charge in [0, 0.05) is 12.0 Å². The zero-order valence-corrected chi connectivity index (χ0v) is 7.38. The molecule has 1 aromatic rings. The van der Waals surface area contributed by atoms with Gasteiger partial charge in [-0.25, -0.2) is 4.79 Å². The van der Waals surface area contributed by atoms with Gasteiger partial charge in [-0.05, 0) is 5.56 Å². The lowest BCUT2D eigenvalue weighted by atomic mass is 10.1. The van der Waals surface area contributed by atoms with Crippen LogP contribution >= 0.6 is 0 Å². The van der Waals surface area contributed by atoms with Crippen molar-refractivity contribution < 1.29 is 19.8 Å². The van der Waals surface area contributed by atoms with Crippen LogP contribution in [0.1, 0.15) is 15.9 Å². The summed E-state index contributed by atoms with van der Waals surface area (Å²) in [7, 11) is 0. The van der Waals surface area contributed by atoms with Gasteiger partial charge >= 0.3 is 5.97 Å². The van der Waals surface area contributed by atoms with Crippen LogP contribution in [0.15, 0.2) is 24.3 Å². The first-order chi connectivity index (χ1) is 6.63. The largest absolute Gasteiger partial charge is 0.479 e. The molecule has 74 valence electrons. The van der Waals surface area contributed by atoms with E-state index in [2.05, 4.69) is 0 Å². The molecule has 2 N–H and O–H groups in total. The molecular weight excluding hydrogens is 184 g/mol. The second kappa shape index (κ2) is 4.53. The fraction of sp³-hybridized carbons (Fsp3) is 0.200. The molecule has 0 aliphatic carbocycles. The van der Waals surface area contributed by atoms with Crippen molar-refractivity contribution in [3.05, 3.63) is 35.4 Å². The fourth-order valence-electron chi connectivity index (χ4n) is 1.04. The summed E-state index contributed by atoms with van der Waals surface area (Å²) < 4.78 is 0. The van der Waals surface area contributed by atoms with E-state index in [1.165, 1.54) is 0 Å². The van der Waals surface area contributed by atoms with Crippen LogP contribution < -0.4 is 0 Å². The maximum atomic E-state index is 10.3. The van der Waals surface area contributed by atoms with Crippen molar-refractivity contribution in [3.63, 3.8) is 0 Å². The van der Waals surface area contributed by atoms with Crippen molar-refractivity contribution in [1.82, 2.24) is 0 Å². The number of carbonyl (C=O) groups is 2. The molecular formula is C10H10O4. The molecule has 4 nitrogen and oxygen atoms in total. The minimum Gasteiger partial charge on any atom is -0.479 e. The number of aliphatic hydroxyl groups excluding tert-OH is 1. The Balaban J connectivity index is 2.68. The second-order valence-corrected chi connectivity index (χ2v) is 2.92. The number of rotatable bonds is 4. The molecule has 0 radical (unpaired) electrons. The van der Waals surface area contributed by atoms with E-state index >= 15 is 0 Å². The predicted molar refractivity (Wildman–Crippen MR) is 49.2 cm³/mol. The van der Waals surface area contributed by atoms with Gasteiger partial charge in [0.15, 0.2) is 6.10 Å². The van der Waals surface area contributed by atoms with Crippen LogP contribution in [0.5, 0.6) is 0 Å². The molecule has 0 spiro atoms. The summed E-state index contributed by atoms with van der Waals surface area (Å²) in [5.74, 6) is -1.25. The maximum Gasteiger partial charge on any atom is 0.332 e. The molecule has 0 aliphatic rings. The van der Waals surface area contributed by atoms with Crippen LogP contribution in [0.3, 0.4) is 0 Å². The Morgan fingerprint density at radius 1 is 1.36 bits per heavy atom. The van der Waals surface area contributed by atoms with Crippen LogP contribution in [0, 0.1) is 0 Å². The number of aldehydes is 1. The van der Waals surface area contributed by atoms with Gasteiger partial charge in [0.2, 0.25) is 0 Å². The highest BCUT2D eigenvalue weighted by molar-refractivity contribution is 5.75. The van der Waals surface area contributed by atoms with Gasteiger partial charge in [-0.15, -0.1) is 0 Å². The molecule has 14 heavy (non-hydrogen) atoms. The first-order valence-corrected chi connectivity index (χ1v) is 4.08. The molecule has 0 heterocycles. The third kappa shape index (κ3) is 2.67. The van der Waals surface area contributed by atoms with E-state index < -0.39 is 12.1 Å². The van der Waals surface area contributed by atoms with E-state index in [9.17, 15) is 9.59 Å². The van der Waals surface area contributed by atoms with Gasteiger partial charge in [0.05, 0.1) is 0 Å². The zero-order chi connectivity index (χ0) is 10.6. The molecule has 0 aromatic heterocycles. The summed E-state index contributed by atoms with van der Waals surface area (Å²) in [6, 6.07) is 6.40. The highest BCUT2D eigenvalue weighted by atomic mass is 16.4. The quantitative estimate of drug-likeness (QED) is 0.684. The molecule has 4 heteroatoms. The molecule has 0 bridgehead atoms. The minimum atomic E-state index is -1.39. The lowest BCUT2D eigenvalue weighted by Crippen LogP contribution is -2.21. The molecule has 0 aliphatic heterocycles. The van der Waals surface area contributed by atoms with E-state index in [1.807, 2.05) is 0 Å². The van der Waals surface area contributed by atoms with Gasteiger partial charge < -0.3 is 10.2 Å². The van der Waals surface area contributed by atoms with Crippen molar-refractivity contribution in [2.24, 2.45) is 0 Å². The summed E-state index contributed by atoms with van der Waals surface area (Å²) in [5, 5.41) is 17.5. The van der Waals surface area contributed by atoms with Gasteiger partial charge in [-0.3, -0.25) is 4.79 Å². The highest BCUT2D eigenvalue weighted by Crippen LogP contribution is 2.05. The third-order valence-corrected chi connectivity index (χ3v) is 1.83. The highest BCUT2D eigenvalue weighted by Gasteiger charge is 2.13. The lowest BCUT2D eigenvalue weighted by Gasteiger charge is -2.04. The van der Waals surface area contributed by atoms with Crippen LogP contribution in [0.25, 0.3) is 0 Å². The number of carboxylic acids is 1. The Labute approximate surface area is 80.8 Å². The molecule has 1 rings (SSSR count).